The van der Waals surface area contributed by atoms with Gasteiger partial charge >= 0.3 is 11.7 Å². The van der Waals surface area contributed by atoms with Crippen LogP contribution in [0.15, 0.2) is 77.6 Å². The summed E-state index contributed by atoms with van der Waals surface area (Å²) < 4.78 is 1.22. The fourth-order valence-electron chi connectivity index (χ4n) is 2.67. The minimum atomic E-state index is -0.872. The van der Waals surface area contributed by atoms with Crippen LogP contribution in [0.25, 0.3) is 5.69 Å². The minimum Gasteiger partial charge on any atom is -0.478 e. The third-order valence-corrected chi connectivity index (χ3v) is 4.45. The van der Waals surface area contributed by atoms with Gasteiger partial charge in [0, 0.05) is 13.6 Å². The van der Waals surface area contributed by atoms with Crippen molar-refractivity contribution < 1.29 is 14.7 Å². The summed E-state index contributed by atoms with van der Waals surface area (Å²) in [6.07, 6.45) is 0. The third kappa shape index (κ3) is 15.2. The highest BCUT2D eigenvalue weighted by Gasteiger charge is 2.02. The third-order valence-electron chi connectivity index (χ3n) is 4.23. The number of hydrogen-bond acceptors (Lipinski definition) is 5. The SMILES string of the molecule is C.C[Si](C)(C)C.Cc1cccc(-n2nn[nH]c2=O)c1.Cc1cccc(C(=O)Cl)c1.Cc1cccc(C(=O)O)c1. The molecule has 0 fully saturated rings. The highest BCUT2D eigenvalue weighted by Crippen LogP contribution is 2.07. The van der Waals surface area contributed by atoms with E-state index in [1.165, 1.54) is 4.68 Å². The second-order valence-corrected chi connectivity index (χ2v) is 16.4. The number of aromatic amines is 1. The molecular formula is C29H39ClN4O4Si. The molecule has 3 aromatic carbocycles. The number of tetrazole rings is 1. The molecule has 39 heavy (non-hydrogen) atoms. The fraction of sp³-hybridized carbons (Fsp3) is 0.276. The number of carbonyl (C=O) groups excluding carboxylic acids is 1. The Kier molecular flexibility index (Phi) is 15.2. The first-order valence-electron chi connectivity index (χ1n) is 11.8. The summed E-state index contributed by atoms with van der Waals surface area (Å²) in [4.78, 5) is 32.0. The molecule has 0 radical (unpaired) electrons. The average molecular weight is 571 g/mol. The van der Waals surface area contributed by atoms with Crippen LogP contribution in [-0.4, -0.2) is 44.6 Å². The molecule has 0 aliphatic rings. The van der Waals surface area contributed by atoms with Gasteiger partial charge in [-0.1, -0.05) is 87.2 Å². The summed E-state index contributed by atoms with van der Waals surface area (Å²) in [6.45, 7) is 15.0. The summed E-state index contributed by atoms with van der Waals surface area (Å²) in [5.74, 6) is -0.872. The van der Waals surface area contributed by atoms with Gasteiger partial charge in [-0.15, -0.1) is 0 Å². The van der Waals surface area contributed by atoms with Gasteiger partial charge in [0.2, 0.25) is 0 Å². The average Bonchev–Trinajstić information content (AvgIpc) is 3.25. The van der Waals surface area contributed by atoms with Gasteiger partial charge in [0.25, 0.3) is 5.24 Å². The quantitative estimate of drug-likeness (QED) is 0.204. The molecule has 8 nitrogen and oxygen atoms in total. The zero-order chi connectivity index (χ0) is 28.9. The first kappa shape index (κ1) is 35.2. The van der Waals surface area contributed by atoms with Crippen LogP contribution >= 0.6 is 11.6 Å². The van der Waals surface area contributed by atoms with Gasteiger partial charge in [-0.2, -0.15) is 4.68 Å². The second kappa shape index (κ2) is 16.9. The van der Waals surface area contributed by atoms with E-state index >= 15 is 0 Å². The molecule has 0 amide bonds. The Labute approximate surface area is 236 Å². The monoisotopic (exact) mass is 570 g/mol. The molecule has 0 atom stereocenters. The molecule has 0 aliphatic heterocycles. The standard InChI is InChI=1S/C8H7ClO.C8H8N4O.C8H8O2.C4H12Si.CH4/c1-6-3-2-4-7(5-6)8(9)10;1-6-3-2-4-7(5-6)12-8(13)9-10-11-12;1-6-3-2-4-7(5-6)8(9)10;1-5(2,3)4;/h2-5H,1H3;2-5H,1H3,(H,9,11,13);2-5H,1H3,(H,9,10);1-4H3;1H4. The predicted octanol–water partition coefficient (Wildman–Crippen LogP) is 6.92. The Morgan fingerprint density at radius 1 is 0.821 bits per heavy atom. The highest BCUT2D eigenvalue weighted by molar-refractivity contribution is 6.74. The maximum Gasteiger partial charge on any atom is 0.365 e. The zero-order valence-electron chi connectivity index (χ0n) is 22.8. The summed E-state index contributed by atoms with van der Waals surface area (Å²) >= 11 is 5.24. The Morgan fingerprint density at radius 3 is 1.59 bits per heavy atom. The number of H-pyrrole nitrogens is 1. The van der Waals surface area contributed by atoms with Crippen molar-refractivity contribution in [2.45, 2.75) is 54.4 Å². The number of carbonyl (C=O) groups is 2. The summed E-state index contributed by atoms with van der Waals surface area (Å²) in [7, 11) is -0.611. The van der Waals surface area contributed by atoms with Crippen LogP contribution in [0.3, 0.4) is 0 Å². The number of hydrogen-bond donors (Lipinski definition) is 2. The smallest absolute Gasteiger partial charge is 0.365 e. The Bertz CT molecular complexity index is 1330. The normalized spacial score (nSPS) is 9.74. The molecule has 0 aliphatic carbocycles. The zero-order valence-corrected chi connectivity index (χ0v) is 24.6. The van der Waals surface area contributed by atoms with Crippen LogP contribution in [-0.2, 0) is 0 Å². The second-order valence-electron chi connectivity index (χ2n) is 10.1. The maximum absolute atomic E-state index is 11.1. The maximum atomic E-state index is 11.1. The number of rotatable bonds is 3. The first-order valence-corrected chi connectivity index (χ1v) is 16.2. The summed E-state index contributed by atoms with van der Waals surface area (Å²) in [5.41, 5.74) is 4.39. The molecule has 210 valence electrons. The van der Waals surface area contributed by atoms with E-state index in [1.807, 2.05) is 57.2 Å². The highest BCUT2D eigenvalue weighted by atomic mass is 35.5. The predicted molar refractivity (Wildman–Crippen MR) is 162 cm³/mol. The Morgan fingerprint density at radius 2 is 1.26 bits per heavy atom. The van der Waals surface area contributed by atoms with Crippen molar-refractivity contribution in [3.05, 3.63) is 111 Å². The van der Waals surface area contributed by atoms with Crippen molar-refractivity contribution in [2.75, 3.05) is 0 Å². The molecule has 4 rings (SSSR count). The Balaban J connectivity index is 0.000000511. The number of aryl methyl sites for hydroxylation is 3. The van der Waals surface area contributed by atoms with Gasteiger partial charge < -0.3 is 5.11 Å². The van der Waals surface area contributed by atoms with Crippen LogP contribution in [0, 0.1) is 20.8 Å². The number of carboxylic acids is 1. The van der Waals surface area contributed by atoms with Crippen molar-refractivity contribution in [1.82, 2.24) is 20.2 Å². The summed E-state index contributed by atoms with van der Waals surface area (Å²) in [5, 5.41) is 17.4. The molecule has 0 saturated heterocycles. The van der Waals surface area contributed by atoms with Crippen LogP contribution in [0.4, 0.5) is 0 Å². The number of benzene rings is 3. The van der Waals surface area contributed by atoms with Crippen LogP contribution in [0.5, 0.6) is 0 Å². The lowest BCUT2D eigenvalue weighted by Crippen LogP contribution is -2.15. The van der Waals surface area contributed by atoms with Crippen molar-refractivity contribution in [2.24, 2.45) is 0 Å². The van der Waals surface area contributed by atoms with E-state index in [9.17, 15) is 14.4 Å². The molecule has 4 aromatic rings. The van der Waals surface area contributed by atoms with Gasteiger partial charge in [0.05, 0.1) is 11.3 Å². The van der Waals surface area contributed by atoms with Crippen molar-refractivity contribution >= 4 is 30.9 Å². The number of aromatic carboxylic acids is 1. The van der Waals surface area contributed by atoms with Crippen LogP contribution in [0.1, 0.15) is 44.8 Å². The molecule has 2 N–H and O–H groups in total. The molecule has 0 unspecified atom stereocenters. The Hall–Kier alpha value is -3.82. The molecule has 0 spiro atoms. The number of halogens is 1. The fourth-order valence-corrected chi connectivity index (χ4v) is 2.79. The number of nitrogens with zero attached hydrogens (tertiary/aromatic N) is 3. The number of nitrogens with one attached hydrogen (secondary N) is 1. The minimum absolute atomic E-state index is 0. The molecule has 1 aromatic heterocycles. The molecule has 10 heteroatoms. The molecule has 0 saturated carbocycles. The lowest BCUT2D eigenvalue weighted by Gasteiger charge is -2.01. The van der Waals surface area contributed by atoms with E-state index in [0.717, 1.165) is 22.4 Å². The van der Waals surface area contributed by atoms with Gasteiger partial charge in [0.15, 0.2) is 0 Å². The van der Waals surface area contributed by atoms with E-state index in [2.05, 4.69) is 41.7 Å². The van der Waals surface area contributed by atoms with Crippen molar-refractivity contribution in [1.29, 1.82) is 0 Å². The van der Waals surface area contributed by atoms with Crippen LogP contribution < -0.4 is 5.69 Å². The van der Waals surface area contributed by atoms with E-state index in [4.69, 9.17) is 16.7 Å². The largest absolute Gasteiger partial charge is 0.478 e. The van der Waals surface area contributed by atoms with E-state index in [0.29, 0.717) is 11.1 Å². The number of aromatic nitrogens is 4. The molecular weight excluding hydrogens is 532 g/mol. The van der Waals surface area contributed by atoms with Crippen LogP contribution in [0.2, 0.25) is 26.2 Å². The van der Waals surface area contributed by atoms with Crippen molar-refractivity contribution in [3.8, 4) is 5.69 Å². The van der Waals surface area contributed by atoms with Gasteiger partial charge in [-0.05, 0) is 78.7 Å². The number of carboxylic acid groups (broad SMARTS) is 1. The van der Waals surface area contributed by atoms with E-state index in [1.54, 1.807) is 36.4 Å². The first-order chi connectivity index (χ1) is 17.7. The van der Waals surface area contributed by atoms with Gasteiger partial charge in [-0.3, -0.25) is 4.79 Å². The lowest BCUT2D eigenvalue weighted by molar-refractivity contribution is 0.0696. The lowest BCUT2D eigenvalue weighted by atomic mass is 10.1. The van der Waals surface area contributed by atoms with Gasteiger partial charge in [0.1, 0.15) is 0 Å². The summed E-state index contributed by atoms with van der Waals surface area (Å²) in [6, 6.07) is 21.5. The molecule has 0 bridgehead atoms. The topological polar surface area (TPSA) is 118 Å². The van der Waals surface area contributed by atoms with E-state index < -0.39 is 19.3 Å². The molecule has 1 heterocycles. The van der Waals surface area contributed by atoms with E-state index in [-0.39, 0.29) is 13.1 Å². The van der Waals surface area contributed by atoms with Gasteiger partial charge in [-0.25, -0.2) is 14.7 Å². The van der Waals surface area contributed by atoms with Crippen molar-refractivity contribution in [3.63, 3.8) is 0 Å².